The van der Waals surface area contributed by atoms with E-state index in [0.717, 1.165) is 26.1 Å². The van der Waals surface area contributed by atoms with Crippen molar-refractivity contribution in [1.29, 1.82) is 0 Å². The third-order valence-electron chi connectivity index (χ3n) is 3.49. The lowest BCUT2D eigenvalue weighted by Crippen LogP contribution is -2.23. The van der Waals surface area contributed by atoms with Crippen molar-refractivity contribution in [2.45, 2.75) is 39.2 Å². The number of rotatable bonds is 3. The van der Waals surface area contributed by atoms with Crippen molar-refractivity contribution in [2.75, 3.05) is 19.7 Å². The van der Waals surface area contributed by atoms with Crippen molar-refractivity contribution in [2.24, 2.45) is 5.92 Å². The van der Waals surface area contributed by atoms with E-state index in [2.05, 4.69) is 35.9 Å². The van der Waals surface area contributed by atoms with Crippen LogP contribution in [0.15, 0.2) is 6.20 Å². The second kappa shape index (κ2) is 4.78. The fourth-order valence-electron chi connectivity index (χ4n) is 2.53. The molecule has 0 saturated carbocycles. The van der Waals surface area contributed by atoms with E-state index in [1.54, 1.807) is 0 Å². The van der Waals surface area contributed by atoms with E-state index in [0.29, 0.717) is 12.5 Å². The Kier molecular flexibility index (Phi) is 3.54. The van der Waals surface area contributed by atoms with E-state index >= 15 is 0 Å². The van der Waals surface area contributed by atoms with E-state index in [4.69, 9.17) is 5.11 Å². The van der Waals surface area contributed by atoms with Gasteiger partial charge in [-0.15, -0.1) is 0 Å². The summed E-state index contributed by atoms with van der Waals surface area (Å²) in [7, 11) is 0. The summed E-state index contributed by atoms with van der Waals surface area (Å²) in [6.07, 6.45) is 3.05. The predicted molar refractivity (Wildman–Crippen MR) is 67.8 cm³/mol. The minimum atomic E-state index is 0.113. The number of hydrogen-bond donors (Lipinski definition) is 2. The second-order valence-corrected chi connectivity index (χ2v) is 6.09. The molecule has 2 N–H and O–H groups in total. The van der Waals surface area contributed by atoms with Crippen LogP contribution in [0.5, 0.6) is 0 Å². The zero-order valence-electron chi connectivity index (χ0n) is 11.0. The summed E-state index contributed by atoms with van der Waals surface area (Å²) in [5, 5.41) is 16.4. The highest BCUT2D eigenvalue weighted by molar-refractivity contribution is 5.23. The largest absolute Gasteiger partial charge is 0.396 e. The Morgan fingerprint density at radius 2 is 2.29 bits per heavy atom. The van der Waals surface area contributed by atoms with Crippen LogP contribution < -0.4 is 0 Å². The first-order valence-electron chi connectivity index (χ1n) is 6.36. The molecule has 1 aromatic rings. The Bertz CT molecular complexity index is 367. The van der Waals surface area contributed by atoms with Gasteiger partial charge in [0.05, 0.1) is 6.20 Å². The molecule has 1 fully saturated rings. The maximum atomic E-state index is 9.15. The van der Waals surface area contributed by atoms with Gasteiger partial charge in [0.15, 0.2) is 0 Å². The van der Waals surface area contributed by atoms with Crippen LogP contribution in [0.2, 0.25) is 0 Å². The monoisotopic (exact) mass is 237 g/mol. The Morgan fingerprint density at radius 1 is 1.53 bits per heavy atom. The van der Waals surface area contributed by atoms with Gasteiger partial charge in [-0.1, -0.05) is 20.8 Å². The van der Waals surface area contributed by atoms with E-state index < -0.39 is 0 Å². The van der Waals surface area contributed by atoms with Gasteiger partial charge in [-0.25, -0.2) is 0 Å². The zero-order valence-corrected chi connectivity index (χ0v) is 11.0. The van der Waals surface area contributed by atoms with Crippen molar-refractivity contribution in [3.63, 3.8) is 0 Å². The fraction of sp³-hybridized carbons (Fsp3) is 0.769. The molecule has 1 atom stereocenters. The van der Waals surface area contributed by atoms with Crippen molar-refractivity contribution in [3.05, 3.63) is 17.5 Å². The quantitative estimate of drug-likeness (QED) is 0.838. The Balaban J connectivity index is 2.03. The van der Waals surface area contributed by atoms with Gasteiger partial charge in [0.1, 0.15) is 0 Å². The predicted octanol–water partition coefficient (Wildman–Crippen LogP) is 1.52. The standard InChI is InChI=1S/C13H23N3O/c1-13(2,3)12-11(6-14-15-12)8-16-5-4-10(7-16)9-17/h6,10,17H,4-5,7-9H2,1-3H3,(H,14,15). The molecule has 1 saturated heterocycles. The summed E-state index contributed by atoms with van der Waals surface area (Å²) >= 11 is 0. The van der Waals surface area contributed by atoms with Gasteiger partial charge in [-0.2, -0.15) is 5.10 Å². The summed E-state index contributed by atoms with van der Waals surface area (Å²) < 4.78 is 0. The van der Waals surface area contributed by atoms with Crippen LogP contribution in [-0.4, -0.2) is 39.9 Å². The number of H-pyrrole nitrogens is 1. The van der Waals surface area contributed by atoms with Crippen LogP contribution in [0.3, 0.4) is 0 Å². The molecule has 1 unspecified atom stereocenters. The summed E-state index contributed by atoms with van der Waals surface area (Å²) in [6, 6.07) is 0. The molecule has 17 heavy (non-hydrogen) atoms. The first kappa shape index (κ1) is 12.6. The summed E-state index contributed by atoms with van der Waals surface area (Å²) in [5.41, 5.74) is 2.63. The molecule has 2 heterocycles. The van der Waals surface area contributed by atoms with Crippen LogP contribution in [0.25, 0.3) is 0 Å². The van der Waals surface area contributed by atoms with E-state index in [9.17, 15) is 0 Å². The average molecular weight is 237 g/mol. The molecule has 0 aromatic carbocycles. The average Bonchev–Trinajstić information content (AvgIpc) is 2.85. The molecule has 1 aliphatic rings. The fourth-order valence-corrected chi connectivity index (χ4v) is 2.53. The molecule has 4 heteroatoms. The highest BCUT2D eigenvalue weighted by atomic mass is 16.3. The number of aromatic amines is 1. The molecule has 2 rings (SSSR count). The number of likely N-dealkylation sites (tertiary alicyclic amines) is 1. The summed E-state index contributed by atoms with van der Waals surface area (Å²) in [6.45, 7) is 9.94. The minimum absolute atomic E-state index is 0.113. The Hall–Kier alpha value is -0.870. The number of aliphatic hydroxyl groups is 1. The lowest BCUT2D eigenvalue weighted by Gasteiger charge is -2.21. The summed E-state index contributed by atoms with van der Waals surface area (Å²) in [4.78, 5) is 2.40. The Labute approximate surface area is 103 Å². The van der Waals surface area contributed by atoms with Crippen molar-refractivity contribution >= 4 is 0 Å². The van der Waals surface area contributed by atoms with E-state index in [1.807, 2.05) is 6.20 Å². The number of nitrogens with zero attached hydrogens (tertiary/aromatic N) is 2. The molecule has 0 bridgehead atoms. The number of nitrogens with one attached hydrogen (secondary N) is 1. The third kappa shape index (κ3) is 2.87. The first-order valence-corrected chi connectivity index (χ1v) is 6.36. The first-order chi connectivity index (χ1) is 8.00. The topological polar surface area (TPSA) is 52.2 Å². The van der Waals surface area contributed by atoms with Crippen LogP contribution in [0, 0.1) is 5.92 Å². The van der Waals surface area contributed by atoms with Gasteiger partial charge in [0.2, 0.25) is 0 Å². The molecule has 96 valence electrons. The maximum absolute atomic E-state index is 9.15. The van der Waals surface area contributed by atoms with E-state index in [-0.39, 0.29) is 5.41 Å². The van der Waals surface area contributed by atoms with Crippen molar-refractivity contribution < 1.29 is 5.11 Å². The maximum Gasteiger partial charge on any atom is 0.0535 e. The van der Waals surface area contributed by atoms with Crippen LogP contribution in [0.4, 0.5) is 0 Å². The molecule has 1 aliphatic heterocycles. The molecule has 1 aromatic heterocycles. The highest BCUT2D eigenvalue weighted by Gasteiger charge is 2.25. The molecule has 0 radical (unpaired) electrons. The lowest BCUT2D eigenvalue weighted by atomic mass is 9.89. The van der Waals surface area contributed by atoms with E-state index in [1.165, 1.54) is 11.3 Å². The molecular weight excluding hydrogens is 214 g/mol. The van der Waals surface area contributed by atoms with Crippen LogP contribution >= 0.6 is 0 Å². The molecular formula is C13H23N3O. The molecule has 0 spiro atoms. The minimum Gasteiger partial charge on any atom is -0.396 e. The number of aromatic nitrogens is 2. The van der Waals surface area contributed by atoms with Gasteiger partial charge in [-0.3, -0.25) is 10.00 Å². The van der Waals surface area contributed by atoms with Crippen molar-refractivity contribution in [1.82, 2.24) is 15.1 Å². The van der Waals surface area contributed by atoms with Crippen LogP contribution in [-0.2, 0) is 12.0 Å². The third-order valence-corrected chi connectivity index (χ3v) is 3.49. The van der Waals surface area contributed by atoms with Gasteiger partial charge < -0.3 is 5.11 Å². The normalized spacial score (nSPS) is 22.2. The summed E-state index contributed by atoms with van der Waals surface area (Å²) in [5.74, 6) is 0.458. The zero-order chi connectivity index (χ0) is 12.5. The Morgan fingerprint density at radius 3 is 2.88 bits per heavy atom. The van der Waals surface area contributed by atoms with Gasteiger partial charge in [0, 0.05) is 36.4 Å². The van der Waals surface area contributed by atoms with Crippen molar-refractivity contribution in [3.8, 4) is 0 Å². The SMILES string of the molecule is CC(C)(C)c1[nH]ncc1CN1CCC(CO)C1. The molecule has 0 aliphatic carbocycles. The van der Waals surface area contributed by atoms with Gasteiger partial charge in [0.25, 0.3) is 0 Å². The lowest BCUT2D eigenvalue weighted by molar-refractivity contribution is 0.220. The van der Waals surface area contributed by atoms with Gasteiger partial charge >= 0.3 is 0 Å². The van der Waals surface area contributed by atoms with Crippen LogP contribution in [0.1, 0.15) is 38.4 Å². The highest BCUT2D eigenvalue weighted by Crippen LogP contribution is 2.26. The smallest absolute Gasteiger partial charge is 0.0535 e. The number of aliphatic hydroxyl groups excluding tert-OH is 1. The molecule has 4 nitrogen and oxygen atoms in total. The molecule has 0 amide bonds. The number of hydrogen-bond acceptors (Lipinski definition) is 3. The van der Waals surface area contributed by atoms with Gasteiger partial charge in [-0.05, 0) is 18.9 Å². The second-order valence-electron chi connectivity index (χ2n) is 6.09.